The molecule has 0 radical (unpaired) electrons. The van der Waals surface area contributed by atoms with Crippen molar-refractivity contribution in [2.45, 2.75) is 13.2 Å². The van der Waals surface area contributed by atoms with Gasteiger partial charge < -0.3 is 10.5 Å². The van der Waals surface area contributed by atoms with Crippen LogP contribution in [0.2, 0.25) is 0 Å². The molecule has 0 aliphatic heterocycles. The first-order valence-corrected chi connectivity index (χ1v) is 6.74. The van der Waals surface area contributed by atoms with Crippen LogP contribution in [0.15, 0.2) is 66.7 Å². The minimum Gasteiger partial charge on any atom is -0.489 e. The van der Waals surface area contributed by atoms with E-state index in [0.717, 1.165) is 16.9 Å². The van der Waals surface area contributed by atoms with Crippen LogP contribution in [0.1, 0.15) is 11.1 Å². The van der Waals surface area contributed by atoms with Crippen molar-refractivity contribution in [3.05, 3.63) is 77.9 Å². The Kier molecular flexibility index (Phi) is 3.66. The molecule has 0 spiro atoms. The Balaban J connectivity index is 1.76. The molecule has 0 saturated heterocycles. The molecular formula is C18H17NO. The molecule has 0 amide bonds. The molecule has 0 unspecified atom stereocenters. The van der Waals surface area contributed by atoms with Gasteiger partial charge in [0.1, 0.15) is 12.4 Å². The fourth-order valence-corrected chi connectivity index (χ4v) is 2.27. The Morgan fingerprint density at radius 3 is 2.40 bits per heavy atom. The summed E-state index contributed by atoms with van der Waals surface area (Å²) in [5.74, 6) is 0.891. The summed E-state index contributed by atoms with van der Waals surface area (Å²) in [6.45, 7) is 1.12. The quantitative estimate of drug-likeness (QED) is 0.775. The third kappa shape index (κ3) is 2.81. The van der Waals surface area contributed by atoms with Crippen molar-refractivity contribution in [1.29, 1.82) is 0 Å². The number of nitrogens with two attached hydrogens (primary N) is 1. The maximum absolute atomic E-state index is 5.86. The Bertz CT molecular complexity index is 721. The zero-order valence-corrected chi connectivity index (χ0v) is 11.3. The Hall–Kier alpha value is -2.32. The zero-order chi connectivity index (χ0) is 13.8. The second-order valence-corrected chi connectivity index (χ2v) is 4.82. The molecule has 3 rings (SSSR count). The van der Waals surface area contributed by atoms with E-state index in [-0.39, 0.29) is 0 Å². The second kappa shape index (κ2) is 5.76. The molecule has 0 aliphatic carbocycles. The van der Waals surface area contributed by atoms with E-state index in [9.17, 15) is 0 Å². The fourth-order valence-electron chi connectivity index (χ4n) is 2.27. The normalized spacial score (nSPS) is 10.7. The molecule has 0 fully saturated rings. The van der Waals surface area contributed by atoms with Gasteiger partial charge in [-0.2, -0.15) is 0 Å². The fraction of sp³-hybridized carbons (Fsp3) is 0.111. The summed E-state index contributed by atoms with van der Waals surface area (Å²) in [5.41, 5.74) is 7.92. The highest BCUT2D eigenvalue weighted by atomic mass is 16.5. The standard InChI is InChI=1S/C18H17NO/c19-12-14-4-3-5-15(10-14)13-20-18-9-8-16-6-1-2-7-17(16)11-18/h1-11H,12-13,19H2. The molecule has 0 aliphatic rings. The number of rotatable bonds is 4. The zero-order valence-electron chi connectivity index (χ0n) is 11.3. The maximum atomic E-state index is 5.86. The van der Waals surface area contributed by atoms with Crippen LogP contribution in [0.4, 0.5) is 0 Å². The molecule has 2 N–H and O–H groups in total. The Labute approximate surface area is 118 Å². The average Bonchev–Trinajstić information content (AvgIpc) is 2.53. The summed E-state index contributed by atoms with van der Waals surface area (Å²) in [6.07, 6.45) is 0. The molecule has 20 heavy (non-hydrogen) atoms. The minimum atomic E-state index is 0.559. The van der Waals surface area contributed by atoms with Gasteiger partial charge in [-0.05, 0) is 34.0 Å². The molecule has 2 nitrogen and oxygen atoms in total. The topological polar surface area (TPSA) is 35.2 Å². The molecule has 100 valence electrons. The summed E-state index contributed by atoms with van der Waals surface area (Å²) in [6, 6.07) is 22.6. The SMILES string of the molecule is NCc1cccc(COc2ccc3ccccc3c2)c1. The molecule has 3 aromatic carbocycles. The Morgan fingerprint density at radius 1 is 0.750 bits per heavy atom. The van der Waals surface area contributed by atoms with Crippen LogP contribution in [0.25, 0.3) is 10.8 Å². The maximum Gasteiger partial charge on any atom is 0.120 e. The summed E-state index contributed by atoms with van der Waals surface area (Å²) >= 11 is 0. The van der Waals surface area contributed by atoms with Gasteiger partial charge in [0.2, 0.25) is 0 Å². The van der Waals surface area contributed by atoms with Crippen LogP contribution in [-0.4, -0.2) is 0 Å². The van der Waals surface area contributed by atoms with E-state index in [4.69, 9.17) is 10.5 Å². The molecule has 3 aromatic rings. The molecule has 0 bridgehead atoms. The molecule has 0 atom stereocenters. The van der Waals surface area contributed by atoms with Crippen LogP contribution in [0, 0.1) is 0 Å². The molecular weight excluding hydrogens is 246 g/mol. The van der Waals surface area contributed by atoms with Crippen LogP contribution >= 0.6 is 0 Å². The molecule has 0 heterocycles. The van der Waals surface area contributed by atoms with Crippen molar-refractivity contribution in [2.75, 3.05) is 0 Å². The van der Waals surface area contributed by atoms with Gasteiger partial charge in [-0.3, -0.25) is 0 Å². The van der Waals surface area contributed by atoms with Crippen LogP contribution in [0.5, 0.6) is 5.75 Å². The lowest BCUT2D eigenvalue weighted by Crippen LogP contribution is -1.99. The smallest absolute Gasteiger partial charge is 0.120 e. The van der Waals surface area contributed by atoms with Crippen molar-refractivity contribution in [3.8, 4) is 5.75 Å². The monoisotopic (exact) mass is 263 g/mol. The van der Waals surface area contributed by atoms with E-state index in [1.54, 1.807) is 0 Å². The lowest BCUT2D eigenvalue weighted by molar-refractivity contribution is 0.306. The molecule has 2 heteroatoms. The van der Waals surface area contributed by atoms with E-state index >= 15 is 0 Å². The Morgan fingerprint density at radius 2 is 1.55 bits per heavy atom. The summed E-state index contributed by atoms with van der Waals surface area (Å²) < 4.78 is 5.86. The van der Waals surface area contributed by atoms with Gasteiger partial charge in [-0.25, -0.2) is 0 Å². The third-order valence-corrected chi connectivity index (χ3v) is 3.35. The average molecular weight is 263 g/mol. The number of benzene rings is 3. The highest BCUT2D eigenvalue weighted by Crippen LogP contribution is 2.21. The predicted molar refractivity (Wildman–Crippen MR) is 82.6 cm³/mol. The molecule has 0 saturated carbocycles. The van der Waals surface area contributed by atoms with E-state index in [1.165, 1.54) is 10.8 Å². The predicted octanol–water partition coefficient (Wildman–Crippen LogP) is 3.88. The highest BCUT2D eigenvalue weighted by molar-refractivity contribution is 5.83. The number of fused-ring (bicyclic) bond motifs is 1. The first-order valence-electron chi connectivity index (χ1n) is 6.74. The van der Waals surface area contributed by atoms with Gasteiger partial charge in [0.05, 0.1) is 0 Å². The molecule has 0 aromatic heterocycles. The lowest BCUT2D eigenvalue weighted by Gasteiger charge is -2.08. The number of hydrogen-bond donors (Lipinski definition) is 1. The van der Waals surface area contributed by atoms with Crippen LogP contribution < -0.4 is 10.5 Å². The van der Waals surface area contributed by atoms with Crippen molar-refractivity contribution < 1.29 is 4.74 Å². The number of hydrogen-bond acceptors (Lipinski definition) is 2. The van der Waals surface area contributed by atoms with Crippen molar-refractivity contribution in [3.63, 3.8) is 0 Å². The van der Waals surface area contributed by atoms with Gasteiger partial charge in [0.15, 0.2) is 0 Å². The lowest BCUT2D eigenvalue weighted by atomic mass is 10.1. The van der Waals surface area contributed by atoms with Gasteiger partial charge in [-0.1, -0.05) is 54.6 Å². The number of ether oxygens (including phenoxy) is 1. The summed E-state index contributed by atoms with van der Waals surface area (Å²) in [7, 11) is 0. The van der Waals surface area contributed by atoms with Crippen molar-refractivity contribution in [1.82, 2.24) is 0 Å². The van der Waals surface area contributed by atoms with Gasteiger partial charge in [-0.15, -0.1) is 0 Å². The van der Waals surface area contributed by atoms with Crippen molar-refractivity contribution in [2.24, 2.45) is 5.73 Å². The highest BCUT2D eigenvalue weighted by Gasteiger charge is 1.99. The van der Waals surface area contributed by atoms with Gasteiger partial charge >= 0.3 is 0 Å². The second-order valence-electron chi connectivity index (χ2n) is 4.82. The van der Waals surface area contributed by atoms with Crippen molar-refractivity contribution >= 4 is 10.8 Å². The minimum absolute atomic E-state index is 0.559. The van der Waals surface area contributed by atoms with Crippen LogP contribution in [-0.2, 0) is 13.2 Å². The first-order chi connectivity index (χ1) is 9.85. The summed E-state index contributed by atoms with van der Waals surface area (Å²) in [5, 5.41) is 2.42. The largest absolute Gasteiger partial charge is 0.489 e. The first kappa shape index (κ1) is 12.7. The van der Waals surface area contributed by atoms with Gasteiger partial charge in [0.25, 0.3) is 0 Å². The third-order valence-electron chi connectivity index (χ3n) is 3.35. The van der Waals surface area contributed by atoms with E-state index < -0.39 is 0 Å². The van der Waals surface area contributed by atoms with Gasteiger partial charge in [0, 0.05) is 6.54 Å². The van der Waals surface area contributed by atoms with E-state index in [1.807, 2.05) is 30.3 Å². The van der Waals surface area contributed by atoms with E-state index in [0.29, 0.717) is 13.2 Å². The van der Waals surface area contributed by atoms with E-state index in [2.05, 4.69) is 36.4 Å². The van der Waals surface area contributed by atoms with Crippen LogP contribution in [0.3, 0.4) is 0 Å². The summed E-state index contributed by atoms with van der Waals surface area (Å²) in [4.78, 5) is 0.